The molecule has 0 aromatic rings. The number of aliphatic hydroxyl groups is 1. The van der Waals surface area contributed by atoms with Crippen LogP contribution in [-0.4, -0.2) is 53.3 Å². The average molecular weight is 287 g/mol. The number of amides is 1. The molecule has 0 spiro atoms. The highest BCUT2D eigenvalue weighted by Gasteiger charge is 2.53. The zero-order chi connectivity index (χ0) is 15.3. The van der Waals surface area contributed by atoms with Crippen molar-refractivity contribution in [3.05, 3.63) is 0 Å². The number of nitrogens with zero attached hydrogens (tertiary/aromatic N) is 1. The van der Waals surface area contributed by atoms with E-state index in [1.54, 1.807) is 20.8 Å². The van der Waals surface area contributed by atoms with Gasteiger partial charge in [0.2, 0.25) is 12.1 Å². The number of rotatable bonds is 5. The summed E-state index contributed by atoms with van der Waals surface area (Å²) in [6, 6.07) is -0.981. The molecule has 3 unspecified atom stereocenters. The number of carbonyl (C=O) groups excluding carboxylic acids is 3. The lowest BCUT2D eigenvalue weighted by Gasteiger charge is -2.44. The normalized spacial score (nSPS) is 29.7. The standard InChI is InChI=1S/C13H21NO6/c1-4-19-11(16)10-6-9(3)7-13(18,14(10)8-15)12(17)20-5-2/h8-10,18H,4-7H2,1-3H3. The minimum Gasteiger partial charge on any atom is -0.464 e. The van der Waals surface area contributed by atoms with Crippen molar-refractivity contribution in [2.24, 2.45) is 5.92 Å². The van der Waals surface area contributed by atoms with Crippen LogP contribution in [0.5, 0.6) is 0 Å². The predicted molar refractivity (Wildman–Crippen MR) is 68.3 cm³/mol. The number of ether oxygens (including phenoxy) is 2. The van der Waals surface area contributed by atoms with Gasteiger partial charge in [0.25, 0.3) is 0 Å². The SMILES string of the molecule is CCOC(=O)C1CC(C)CC(O)(C(=O)OCC)N1C=O. The summed E-state index contributed by atoms with van der Waals surface area (Å²) in [6.07, 6.45) is 0.657. The lowest BCUT2D eigenvalue weighted by Crippen LogP contribution is -2.64. The van der Waals surface area contributed by atoms with E-state index >= 15 is 0 Å². The second-order valence-corrected chi connectivity index (χ2v) is 4.86. The molecule has 1 aliphatic rings. The minimum absolute atomic E-state index is 0.0283. The van der Waals surface area contributed by atoms with Crippen molar-refractivity contribution in [2.45, 2.75) is 45.4 Å². The van der Waals surface area contributed by atoms with Crippen LogP contribution in [0.3, 0.4) is 0 Å². The van der Waals surface area contributed by atoms with E-state index in [2.05, 4.69) is 0 Å². The molecule has 1 fully saturated rings. The van der Waals surface area contributed by atoms with Crippen molar-refractivity contribution in [3.8, 4) is 0 Å². The second-order valence-electron chi connectivity index (χ2n) is 4.86. The zero-order valence-electron chi connectivity index (χ0n) is 12.0. The van der Waals surface area contributed by atoms with Gasteiger partial charge >= 0.3 is 11.9 Å². The number of likely N-dealkylation sites (tertiary alicyclic amines) is 1. The molecule has 114 valence electrons. The molecule has 1 aliphatic heterocycles. The summed E-state index contributed by atoms with van der Waals surface area (Å²) in [7, 11) is 0. The molecule has 1 rings (SSSR count). The first-order valence-electron chi connectivity index (χ1n) is 6.70. The molecule has 0 aromatic carbocycles. The summed E-state index contributed by atoms with van der Waals surface area (Å²) in [6.45, 7) is 5.27. The largest absolute Gasteiger partial charge is 0.464 e. The third kappa shape index (κ3) is 3.09. The van der Waals surface area contributed by atoms with Crippen LogP contribution in [0.4, 0.5) is 0 Å². The van der Waals surface area contributed by atoms with E-state index in [0.29, 0.717) is 12.8 Å². The molecule has 7 nitrogen and oxygen atoms in total. The maximum absolute atomic E-state index is 11.9. The van der Waals surface area contributed by atoms with Gasteiger partial charge in [0, 0.05) is 6.42 Å². The Labute approximate surface area is 117 Å². The van der Waals surface area contributed by atoms with Gasteiger partial charge in [0.1, 0.15) is 6.04 Å². The van der Waals surface area contributed by atoms with Gasteiger partial charge in [-0.05, 0) is 26.2 Å². The molecular weight excluding hydrogens is 266 g/mol. The summed E-state index contributed by atoms with van der Waals surface area (Å²) in [5.74, 6) is -1.68. The van der Waals surface area contributed by atoms with Crippen LogP contribution < -0.4 is 0 Å². The Kier molecular flexibility index (Phi) is 5.50. The molecule has 1 heterocycles. The summed E-state index contributed by atoms with van der Waals surface area (Å²) < 4.78 is 9.70. The van der Waals surface area contributed by atoms with Crippen LogP contribution in [0.2, 0.25) is 0 Å². The molecule has 0 radical (unpaired) electrons. The number of piperidine rings is 1. The van der Waals surface area contributed by atoms with E-state index in [-0.39, 0.29) is 25.6 Å². The van der Waals surface area contributed by atoms with Crippen molar-refractivity contribution in [1.82, 2.24) is 4.90 Å². The molecule has 0 aromatic heterocycles. The molecule has 0 saturated carbocycles. The molecule has 7 heteroatoms. The smallest absolute Gasteiger partial charge is 0.359 e. The van der Waals surface area contributed by atoms with Crippen LogP contribution in [0.15, 0.2) is 0 Å². The van der Waals surface area contributed by atoms with Crippen molar-refractivity contribution in [2.75, 3.05) is 13.2 Å². The van der Waals surface area contributed by atoms with Crippen LogP contribution in [0.1, 0.15) is 33.6 Å². The Hall–Kier alpha value is -1.63. The van der Waals surface area contributed by atoms with Crippen molar-refractivity contribution in [3.63, 3.8) is 0 Å². The Morgan fingerprint density at radius 1 is 1.35 bits per heavy atom. The highest BCUT2D eigenvalue weighted by molar-refractivity contribution is 5.86. The first-order chi connectivity index (χ1) is 9.40. The van der Waals surface area contributed by atoms with Gasteiger partial charge in [0.15, 0.2) is 0 Å². The van der Waals surface area contributed by atoms with Gasteiger partial charge in [-0.15, -0.1) is 0 Å². The van der Waals surface area contributed by atoms with Gasteiger partial charge in [-0.3, -0.25) is 9.69 Å². The van der Waals surface area contributed by atoms with Crippen molar-refractivity contribution < 1.29 is 29.0 Å². The fourth-order valence-corrected chi connectivity index (χ4v) is 2.47. The van der Waals surface area contributed by atoms with Crippen LogP contribution in [-0.2, 0) is 23.9 Å². The van der Waals surface area contributed by atoms with Crippen molar-refractivity contribution >= 4 is 18.3 Å². The van der Waals surface area contributed by atoms with E-state index in [1.807, 2.05) is 0 Å². The van der Waals surface area contributed by atoms with Gasteiger partial charge in [-0.2, -0.15) is 0 Å². The van der Waals surface area contributed by atoms with Gasteiger partial charge in [0.05, 0.1) is 13.2 Å². The van der Waals surface area contributed by atoms with E-state index < -0.39 is 23.7 Å². The Bertz CT molecular complexity index is 385. The maximum atomic E-state index is 11.9. The van der Waals surface area contributed by atoms with E-state index in [9.17, 15) is 19.5 Å². The maximum Gasteiger partial charge on any atom is 0.359 e. The fraction of sp³-hybridized carbons (Fsp3) is 0.769. The third-order valence-electron chi connectivity index (χ3n) is 3.30. The number of hydrogen-bond donors (Lipinski definition) is 1. The molecule has 20 heavy (non-hydrogen) atoms. The van der Waals surface area contributed by atoms with E-state index in [4.69, 9.17) is 9.47 Å². The quantitative estimate of drug-likeness (QED) is 0.567. The number of hydrogen-bond acceptors (Lipinski definition) is 6. The Morgan fingerprint density at radius 2 is 1.95 bits per heavy atom. The van der Waals surface area contributed by atoms with Crippen molar-refractivity contribution in [1.29, 1.82) is 0 Å². The molecule has 0 bridgehead atoms. The van der Waals surface area contributed by atoms with E-state index in [0.717, 1.165) is 4.90 Å². The minimum atomic E-state index is -2.12. The summed E-state index contributed by atoms with van der Waals surface area (Å²) in [4.78, 5) is 35.9. The zero-order valence-corrected chi connectivity index (χ0v) is 12.0. The highest BCUT2D eigenvalue weighted by atomic mass is 16.6. The number of esters is 2. The summed E-state index contributed by atoms with van der Waals surface area (Å²) in [5.41, 5.74) is -2.12. The molecule has 0 aliphatic carbocycles. The second kappa shape index (κ2) is 6.69. The first kappa shape index (κ1) is 16.4. The van der Waals surface area contributed by atoms with Gasteiger partial charge in [-0.1, -0.05) is 6.92 Å². The summed E-state index contributed by atoms with van der Waals surface area (Å²) in [5, 5.41) is 10.5. The highest BCUT2D eigenvalue weighted by Crippen LogP contribution is 2.34. The molecular formula is C13H21NO6. The molecule has 1 N–H and O–H groups in total. The summed E-state index contributed by atoms with van der Waals surface area (Å²) >= 11 is 0. The molecule has 1 saturated heterocycles. The first-order valence-corrected chi connectivity index (χ1v) is 6.70. The Morgan fingerprint density at radius 3 is 2.45 bits per heavy atom. The van der Waals surface area contributed by atoms with Crippen LogP contribution in [0, 0.1) is 5.92 Å². The lowest BCUT2D eigenvalue weighted by molar-refractivity contribution is -0.209. The lowest BCUT2D eigenvalue weighted by atomic mass is 9.85. The third-order valence-corrected chi connectivity index (χ3v) is 3.30. The van der Waals surface area contributed by atoms with Crippen LogP contribution >= 0.6 is 0 Å². The number of carbonyl (C=O) groups is 3. The monoisotopic (exact) mass is 287 g/mol. The predicted octanol–water partition coefficient (Wildman–Crippen LogP) is 0.0581. The van der Waals surface area contributed by atoms with E-state index in [1.165, 1.54) is 0 Å². The van der Waals surface area contributed by atoms with Gasteiger partial charge in [-0.25, -0.2) is 9.59 Å². The molecule has 3 atom stereocenters. The Balaban J connectivity index is 3.07. The van der Waals surface area contributed by atoms with Crippen LogP contribution in [0.25, 0.3) is 0 Å². The average Bonchev–Trinajstić information content (AvgIpc) is 2.38. The van der Waals surface area contributed by atoms with Gasteiger partial charge < -0.3 is 14.6 Å². The fourth-order valence-electron chi connectivity index (χ4n) is 2.47. The topological polar surface area (TPSA) is 93.1 Å². The molecule has 1 amide bonds.